The van der Waals surface area contributed by atoms with Crippen LogP contribution in [0.2, 0.25) is 0 Å². The Bertz CT molecular complexity index is 879. The molecule has 27 heavy (non-hydrogen) atoms. The molecule has 0 atom stereocenters. The molecule has 0 aliphatic heterocycles. The molecule has 5 nitrogen and oxygen atoms in total. The van der Waals surface area contributed by atoms with Crippen LogP contribution in [-0.4, -0.2) is 18.4 Å². The molecule has 0 aliphatic carbocycles. The van der Waals surface area contributed by atoms with Crippen LogP contribution in [0.3, 0.4) is 0 Å². The summed E-state index contributed by atoms with van der Waals surface area (Å²) >= 11 is 7.94. The van der Waals surface area contributed by atoms with Crippen molar-refractivity contribution in [1.82, 2.24) is 5.32 Å². The van der Waals surface area contributed by atoms with Gasteiger partial charge in [0.05, 0.1) is 3.79 Å². The molecule has 2 aromatic rings. The number of thiophene rings is 1. The molecule has 8 heteroatoms. The molecular weight excluding hydrogens is 496 g/mol. The number of nitrogens with one attached hydrogen (secondary N) is 1. The Morgan fingerprint density at radius 2 is 2.00 bits per heavy atom. The van der Waals surface area contributed by atoms with Crippen molar-refractivity contribution in [2.24, 2.45) is 0 Å². The largest absolute Gasteiger partial charge is 0.422 e. The Kier molecular flexibility index (Phi) is 8.23. The van der Waals surface area contributed by atoms with Gasteiger partial charge in [0.15, 0.2) is 0 Å². The zero-order valence-corrected chi connectivity index (χ0v) is 18.4. The van der Waals surface area contributed by atoms with Gasteiger partial charge in [0, 0.05) is 11.0 Å². The van der Waals surface area contributed by atoms with Gasteiger partial charge in [0.2, 0.25) is 0 Å². The van der Waals surface area contributed by atoms with Crippen molar-refractivity contribution in [1.29, 1.82) is 5.26 Å². The molecule has 1 N–H and O–H groups in total. The molecule has 0 fully saturated rings. The lowest BCUT2D eigenvalue weighted by molar-refractivity contribution is -0.117. The van der Waals surface area contributed by atoms with Crippen LogP contribution in [0.25, 0.3) is 6.08 Å². The first kappa shape index (κ1) is 21.4. The number of hydrogen-bond donors (Lipinski definition) is 1. The second-order valence-electron chi connectivity index (χ2n) is 5.47. The van der Waals surface area contributed by atoms with Crippen molar-refractivity contribution in [3.05, 3.63) is 54.6 Å². The van der Waals surface area contributed by atoms with Gasteiger partial charge in [0.1, 0.15) is 22.3 Å². The number of rotatable bonds is 7. The van der Waals surface area contributed by atoms with Crippen molar-refractivity contribution in [3.8, 4) is 11.8 Å². The summed E-state index contributed by atoms with van der Waals surface area (Å²) in [6.07, 6.45) is 3.33. The summed E-state index contributed by atoms with van der Waals surface area (Å²) in [5.41, 5.74) is 0.697. The van der Waals surface area contributed by atoms with Crippen molar-refractivity contribution < 1.29 is 14.3 Å². The average Bonchev–Trinajstić information content (AvgIpc) is 3.00. The van der Waals surface area contributed by atoms with Gasteiger partial charge in [-0.05, 0) is 68.1 Å². The van der Waals surface area contributed by atoms with Crippen LogP contribution < -0.4 is 10.1 Å². The third-order valence-corrected chi connectivity index (χ3v) is 6.67. The topological polar surface area (TPSA) is 79.2 Å². The third-order valence-electron chi connectivity index (χ3n) is 3.43. The lowest BCUT2D eigenvalue weighted by atomic mass is 10.1. The van der Waals surface area contributed by atoms with Crippen LogP contribution in [0, 0.1) is 11.3 Å². The summed E-state index contributed by atoms with van der Waals surface area (Å²) in [5, 5.41) is 11.9. The fourth-order valence-electron chi connectivity index (χ4n) is 2.03. The summed E-state index contributed by atoms with van der Waals surface area (Å²) in [6, 6.07) is 10.2. The summed E-state index contributed by atoms with van der Waals surface area (Å²) in [5.74, 6) is -0.471. The number of ether oxygens (including phenoxy) is 1. The monoisotopic (exact) mass is 510 g/mol. The molecule has 0 radical (unpaired) electrons. The second-order valence-corrected chi connectivity index (χ2v) is 8.69. The van der Waals surface area contributed by atoms with Gasteiger partial charge in [-0.15, -0.1) is 11.3 Å². The highest BCUT2D eigenvalue weighted by Gasteiger charge is 2.14. The molecule has 140 valence electrons. The Labute approximate surface area is 178 Å². The van der Waals surface area contributed by atoms with Gasteiger partial charge in [-0.3, -0.25) is 4.79 Å². The van der Waals surface area contributed by atoms with Crippen LogP contribution in [0.1, 0.15) is 35.0 Å². The number of halogens is 2. The van der Waals surface area contributed by atoms with Crippen molar-refractivity contribution in [2.45, 2.75) is 19.8 Å². The number of hydrogen-bond acceptors (Lipinski definition) is 5. The number of nitrogens with zero attached hydrogens (tertiary/aromatic N) is 1. The molecule has 1 heterocycles. The van der Waals surface area contributed by atoms with E-state index in [0.29, 0.717) is 22.7 Å². The van der Waals surface area contributed by atoms with E-state index in [-0.39, 0.29) is 5.57 Å². The second kappa shape index (κ2) is 10.4. The maximum atomic E-state index is 12.1. The zero-order chi connectivity index (χ0) is 19.8. The number of unbranched alkanes of at least 4 members (excludes halogenated alkanes) is 1. The SMILES string of the molecule is CCCCNC(=O)C(C#N)=Cc1ccc(OC(=O)c2cc(Br)c(Br)s2)cc1. The first-order chi connectivity index (χ1) is 12.9. The van der Waals surface area contributed by atoms with E-state index in [1.54, 1.807) is 30.3 Å². The van der Waals surface area contributed by atoms with E-state index in [1.807, 2.05) is 13.0 Å². The number of amides is 1. The molecule has 0 saturated carbocycles. The molecular formula is C19H16Br2N2O3S. The number of esters is 1. The van der Waals surface area contributed by atoms with Crippen molar-refractivity contribution in [3.63, 3.8) is 0 Å². The Morgan fingerprint density at radius 1 is 1.30 bits per heavy atom. The molecule has 0 spiro atoms. The van der Waals surface area contributed by atoms with E-state index in [4.69, 9.17) is 4.74 Å². The smallest absolute Gasteiger partial charge is 0.353 e. The van der Waals surface area contributed by atoms with E-state index in [2.05, 4.69) is 37.2 Å². The van der Waals surface area contributed by atoms with Gasteiger partial charge < -0.3 is 10.1 Å². The van der Waals surface area contributed by atoms with Crippen molar-refractivity contribution >= 4 is 61.1 Å². The molecule has 1 amide bonds. The molecule has 0 bridgehead atoms. The van der Waals surface area contributed by atoms with E-state index in [9.17, 15) is 14.9 Å². The van der Waals surface area contributed by atoms with Crippen LogP contribution in [0.4, 0.5) is 0 Å². The molecule has 1 aromatic heterocycles. The number of benzene rings is 1. The predicted octanol–water partition coefficient (Wildman–Crippen LogP) is 5.32. The maximum Gasteiger partial charge on any atom is 0.353 e. The van der Waals surface area contributed by atoms with Crippen molar-refractivity contribution in [2.75, 3.05) is 6.54 Å². The standard InChI is InChI=1S/C19H16Br2N2O3S/c1-2-3-8-23-18(24)13(11-22)9-12-4-6-14(7-5-12)26-19(25)16-10-15(20)17(21)27-16/h4-7,9-10H,2-3,8H2,1H3,(H,23,24). The lowest BCUT2D eigenvalue weighted by Gasteiger charge is -2.04. The first-order valence-corrected chi connectivity index (χ1v) is 10.5. The third kappa shape index (κ3) is 6.31. The van der Waals surface area contributed by atoms with E-state index < -0.39 is 11.9 Å². The van der Waals surface area contributed by atoms with Crippen LogP contribution in [0.5, 0.6) is 5.75 Å². The Morgan fingerprint density at radius 3 is 2.56 bits per heavy atom. The Hall–Kier alpha value is -1.95. The summed E-state index contributed by atoms with van der Waals surface area (Å²) in [4.78, 5) is 24.6. The predicted molar refractivity (Wildman–Crippen MR) is 113 cm³/mol. The van der Waals surface area contributed by atoms with Crippen LogP contribution in [0.15, 0.2) is 44.2 Å². The fraction of sp³-hybridized carbons (Fsp3) is 0.211. The average molecular weight is 512 g/mol. The molecule has 0 saturated heterocycles. The number of carbonyl (C=O) groups is 2. The maximum absolute atomic E-state index is 12.1. The van der Waals surface area contributed by atoms with Gasteiger partial charge >= 0.3 is 5.97 Å². The minimum atomic E-state index is -0.456. The fourth-order valence-corrected chi connectivity index (χ4v) is 3.94. The molecule has 0 unspecified atom stereocenters. The van der Waals surface area contributed by atoms with Crippen LogP contribution in [-0.2, 0) is 4.79 Å². The van der Waals surface area contributed by atoms with E-state index in [1.165, 1.54) is 17.4 Å². The highest BCUT2D eigenvalue weighted by atomic mass is 79.9. The Balaban J connectivity index is 2.04. The minimum absolute atomic E-state index is 0.0316. The number of carbonyl (C=O) groups excluding carboxylic acids is 2. The van der Waals surface area contributed by atoms with Gasteiger partial charge in [-0.2, -0.15) is 5.26 Å². The minimum Gasteiger partial charge on any atom is -0.422 e. The van der Waals surface area contributed by atoms with Crippen LogP contribution >= 0.6 is 43.2 Å². The summed E-state index contributed by atoms with van der Waals surface area (Å²) in [6.45, 7) is 2.57. The zero-order valence-electron chi connectivity index (χ0n) is 14.4. The quantitative estimate of drug-likeness (QED) is 0.179. The van der Waals surface area contributed by atoms with Gasteiger partial charge in [-0.1, -0.05) is 25.5 Å². The molecule has 0 aliphatic rings. The van der Waals surface area contributed by atoms with Gasteiger partial charge in [0.25, 0.3) is 5.91 Å². The summed E-state index contributed by atoms with van der Waals surface area (Å²) in [7, 11) is 0. The molecule has 2 rings (SSSR count). The lowest BCUT2D eigenvalue weighted by Crippen LogP contribution is -2.25. The van der Waals surface area contributed by atoms with Gasteiger partial charge in [-0.25, -0.2) is 4.79 Å². The van der Waals surface area contributed by atoms with E-state index >= 15 is 0 Å². The highest BCUT2D eigenvalue weighted by molar-refractivity contribution is 9.13. The molecule has 1 aromatic carbocycles. The normalized spacial score (nSPS) is 11.0. The number of nitriles is 1. The first-order valence-electron chi connectivity index (χ1n) is 8.11. The summed E-state index contributed by atoms with van der Waals surface area (Å²) < 4.78 is 6.94. The van der Waals surface area contributed by atoms with E-state index in [0.717, 1.165) is 21.1 Å². The highest BCUT2D eigenvalue weighted by Crippen LogP contribution is 2.33.